The van der Waals surface area contributed by atoms with Crippen molar-refractivity contribution in [1.82, 2.24) is 9.62 Å². The van der Waals surface area contributed by atoms with Crippen molar-refractivity contribution in [2.24, 2.45) is 0 Å². The number of rotatable bonds is 4. The van der Waals surface area contributed by atoms with Crippen molar-refractivity contribution < 1.29 is 22.7 Å². The number of methoxy groups -OCH3 is 1. The SMILES string of the molecule is COC(=O)c1ccccc1S(=O)(=O)NC(=O)N1CCN(c2ccccc2C)CC1. The number of hydrogen-bond donors (Lipinski definition) is 1. The number of nitrogens with zero attached hydrogens (tertiary/aromatic N) is 2. The Bertz CT molecular complexity index is 1010. The second-order valence-corrected chi connectivity index (χ2v) is 8.31. The molecule has 9 heteroatoms. The lowest BCUT2D eigenvalue weighted by molar-refractivity contribution is 0.0596. The summed E-state index contributed by atoms with van der Waals surface area (Å²) in [6.45, 7) is 3.98. The topological polar surface area (TPSA) is 96.0 Å². The zero-order chi connectivity index (χ0) is 21.0. The zero-order valence-corrected chi connectivity index (χ0v) is 17.1. The van der Waals surface area contributed by atoms with E-state index in [9.17, 15) is 18.0 Å². The first-order valence-electron chi connectivity index (χ1n) is 9.13. The lowest BCUT2D eigenvalue weighted by atomic mass is 10.1. The Morgan fingerprint density at radius 2 is 1.59 bits per heavy atom. The molecule has 3 rings (SSSR count). The van der Waals surface area contributed by atoms with Gasteiger partial charge in [0, 0.05) is 31.9 Å². The van der Waals surface area contributed by atoms with Crippen molar-refractivity contribution in [3.05, 3.63) is 59.7 Å². The molecule has 1 fully saturated rings. The number of urea groups is 1. The summed E-state index contributed by atoms with van der Waals surface area (Å²) in [5.74, 6) is -0.787. The lowest BCUT2D eigenvalue weighted by Gasteiger charge is -2.36. The molecule has 0 spiro atoms. The number of carbonyl (C=O) groups is 2. The predicted octanol–water partition coefficient (Wildman–Crippen LogP) is 2.00. The van der Waals surface area contributed by atoms with Gasteiger partial charge in [0.05, 0.1) is 12.7 Å². The van der Waals surface area contributed by atoms with Gasteiger partial charge in [0.2, 0.25) is 0 Å². The van der Waals surface area contributed by atoms with Crippen molar-refractivity contribution in [3.63, 3.8) is 0 Å². The normalized spacial score (nSPS) is 14.4. The molecule has 1 saturated heterocycles. The fourth-order valence-corrected chi connectivity index (χ4v) is 4.45. The van der Waals surface area contributed by atoms with Gasteiger partial charge in [-0.05, 0) is 30.7 Å². The maximum Gasteiger partial charge on any atom is 0.339 e. The van der Waals surface area contributed by atoms with Crippen LogP contribution in [0.5, 0.6) is 0 Å². The van der Waals surface area contributed by atoms with E-state index in [1.807, 2.05) is 31.2 Å². The van der Waals surface area contributed by atoms with E-state index in [0.29, 0.717) is 26.2 Å². The van der Waals surface area contributed by atoms with Crippen LogP contribution in [0.1, 0.15) is 15.9 Å². The van der Waals surface area contributed by atoms with Crippen molar-refractivity contribution in [3.8, 4) is 0 Å². The molecule has 0 bridgehead atoms. The molecule has 1 heterocycles. The molecule has 0 saturated carbocycles. The average Bonchev–Trinajstić information content (AvgIpc) is 2.73. The van der Waals surface area contributed by atoms with Gasteiger partial charge in [-0.25, -0.2) is 22.7 Å². The fraction of sp³-hybridized carbons (Fsp3) is 0.300. The number of esters is 1. The highest BCUT2D eigenvalue weighted by Crippen LogP contribution is 2.21. The standard InChI is InChI=1S/C20H23N3O5S/c1-15-7-3-5-9-17(15)22-11-13-23(14-12-22)20(25)21-29(26,27)18-10-6-4-8-16(18)19(24)28-2/h3-10H,11-14H2,1-2H3,(H,21,25). The molecule has 1 aliphatic heterocycles. The van der Waals surface area contributed by atoms with Crippen molar-refractivity contribution in [2.75, 3.05) is 38.2 Å². The number of aryl methyl sites for hydroxylation is 1. The Morgan fingerprint density at radius 1 is 0.966 bits per heavy atom. The number of carbonyl (C=O) groups excluding carboxylic acids is 2. The molecular formula is C20H23N3O5S. The van der Waals surface area contributed by atoms with Gasteiger partial charge >= 0.3 is 12.0 Å². The first-order valence-corrected chi connectivity index (χ1v) is 10.6. The number of amides is 2. The van der Waals surface area contributed by atoms with Gasteiger partial charge in [-0.3, -0.25) is 0 Å². The molecule has 0 unspecified atom stereocenters. The highest BCUT2D eigenvalue weighted by molar-refractivity contribution is 7.90. The molecule has 0 aliphatic carbocycles. The Morgan fingerprint density at radius 3 is 2.24 bits per heavy atom. The summed E-state index contributed by atoms with van der Waals surface area (Å²) in [5, 5.41) is 0. The number of anilines is 1. The second-order valence-electron chi connectivity index (χ2n) is 6.66. The van der Waals surface area contributed by atoms with E-state index in [4.69, 9.17) is 0 Å². The summed E-state index contributed by atoms with van der Waals surface area (Å²) >= 11 is 0. The number of hydrogen-bond acceptors (Lipinski definition) is 6. The Hall–Kier alpha value is -3.07. The van der Waals surface area contributed by atoms with Gasteiger partial charge in [-0.1, -0.05) is 30.3 Å². The van der Waals surface area contributed by atoms with E-state index >= 15 is 0 Å². The van der Waals surface area contributed by atoms with E-state index in [0.717, 1.165) is 18.4 Å². The summed E-state index contributed by atoms with van der Waals surface area (Å²) in [5.41, 5.74) is 2.12. The summed E-state index contributed by atoms with van der Waals surface area (Å²) in [7, 11) is -3.06. The Kier molecular flexibility index (Phi) is 6.07. The molecule has 1 N–H and O–H groups in total. The highest BCUT2D eigenvalue weighted by atomic mass is 32.2. The number of nitrogens with one attached hydrogen (secondary N) is 1. The largest absolute Gasteiger partial charge is 0.465 e. The summed E-state index contributed by atoms with van der Waals surface area (Å²) in [4.78, 5) is 27.7. The average molecular weight is 417 g/mol. The Labute approximate surface area is 170 Å². The van der Waals surface area contributed by atoms with Crippen molar-refractivity contribution in [1.29, 1.82) is 0 Å². The lowest BCUT2D eigenvalue weighted by Crippen LogP contribution is -2.53. The molecule has 0 aromatic heterocycles. The van der Waals surface area contributed by atoms with Crippen LogP contribution >= 0.6 is 0 Å². The molecule has 0 atom stereocenters. The third-order valence-electron chi connectivity index (χ3n) is 4.83. The van der Waals surface area contributed by atoms with Crippen LogP contribution in [0.15, 0.2) is 53.4 Å². The smallest absolute Gasteiger partial charge is 0.339 e. The first kappa shape index (κ1) is 20.7. The van der Waals surface area contributed by atoms with E-state index < -0.39 is 22.0 Å². The van der Waals surface area contributed by atoms with Crippen LogP contribution in [0.2, 0.25) is 0 Å². The van der Waals surface area contributed by atoms with Crippen molar-refractivity contribution in [2.45, 2.75) is 11.8 Å². The first-order chi connectivity index (χ1) is 13.8. The van der Waals surface area contributed by atoms with Gasteiger partial charge in [0.15, 0.2) is 0 Å². The van der Waals surface area contributed by atoms with Crippen LogP contribution in [-0.4, -0.2) is 58.6 Å². The van der Waals surface area contributed by atoms with Gasteiger partial charge in [-0.15, -0.1) is 0 Å². The van der Waals surface area contributed by atoms with E-state index in [1.54, 1.807) is 0 Å². The predicted molar refractivity (Wildman–Crippen MR) is 108 cm³/mol. The van der Waals surface area contributed by atoms with Gasteiger partial charge in [-0.2, -0.15) is 0 Å². The van der Waals surface area contributed by atoms with E-state index in [-0.39, 0.29) is 10.5 Å². The second kappa shape index (κ2) is 8.52. The van der Waals surface area contributed by atoms with Gasteiger partial charge in [0.25, 0.3) is 10.0 Å². The third-order valence-corrected chi connectivity index (χ3v) is 6.20. The molecule has 2 aromatic carbocycles. The molecular weight excluding hydrogens is 394 g/mol. The minimum atomic E-state index is -4.22. The molecule has 2 aromatic rings. The monoisotopic (exact) mass is 417 g/mol. The fourth-order valence-electron chi connectivity index (χ4n) is 3.28. The third kappa shape index (κ3) is 4.51. The number of ether oxygens (including phenoxy) is 1. The summed E-state index contributed by atoms with van der Waals surface area (Å²) in [6, 6.07) is 12.9. The molecule has 29 heavy (non-hydrogen) atoms. The van der Waals surface area contributed by atoms with Crippen LogP contribution < -0.4 is 9.62 Å². The highest BCUT2D eigenvalue weighted by Gasteiger charge is 2.28. The Balaban J connectivity index is 1.68. The number of benzene rings is 2. The maximum atomic E-state index is 12.7. The summed E-state index contributed by atoms with van der Waals surface area (Å²) in [6.07, 6.45) is 0. The van der Waals surface area contributed by atoms with Crippen molar-refractivity contribution >= 4 is 27.7 Å². The minimum absolute atomic E-state index is 0.125. The molecule has 8 nitrogen and oxygen atoms in total. The zero-order valence-electron chi connectivity index (χ0n) is 16.3. The number of para-hydroxylation sites is 1. The van der Waals surface area contributed by atoms with Crippen LogP contribution in [0, 0.1) is 6.92 Å². The molecule has 154 valence electrons. The van der Waals surface area contributed by atoms with E-state index in [1.165, 1.54) is 29.2 Å². The molecule has 2 amide bonds. The summed E-state index contributed by atoms with van der Waals surface area (Å²) < 4.78 is 32.0. The van der Waals surface area contributed by atoms with Crippen LogP contribution in [-0.2, 0) is 14.8 Å². The molecule has 1 aliphatic rings. The minimum Gasteiger partial charge on any atom is -0.465 e. The number of piperazine rings is 1. The molecule has 0 radical (unpaired) electrons. The quantitative estimate of drug-likeness (QED) is 0.765. The van der Waals surface area contributed by atoms with Crippen LogP contribution in [0.25, 0.3) is 0 Å². The van der Waals surface area contributed by atoms with Crippen LogP contribution in [0.4, 0.5) is 10.5 Å². The van der Waals surface area contributed by atoms with E-state index in [2.05, 4.69) is 14.4 Å². The van der Waals surface area contributed by atoms with Gasteiger partial charge < -0.3 is 14.5 Å². The van der Waals surface area contributed by atoms with Crippen LogP contribution in [0.3, 0.4) is 0 Å². The maximum absolute atomic E-state index is 12.7. The number of sulfonamides is 1. The van der Waals surface area contributed by atoms with Gasteiger partial charge in [0.1, 0.15) is 4.90 Å².